The van der Waals surface area contributed by atoms with Crippen molar-refractivity contribution in [1.82, 2.24) is 24.6 Å². The van der Waals surface area contributed by atoms with Gasteiger partial charge < -0.3 is 5.32 Å². The van der Waals surface area contributed by atoms with Gasteiger partial charge in [-0.15, -0.1) is 0 Å². The van der Waals surface area contributed by atoms with Gasteiger partial charge in [-0.05, 0) is 56.9 Å². The summed E-state index contributed by atoms with van der Waals surface area (Å²) in [5, 5.41) is 7.26. The van der Waals surface area contributed by atoms with Gasteiger partial charge in [0.15, 0.2) is 5.65 Å². The minimum atomic E-state index is -4.20. The number of rotatable bonds is 5. The summed E-state index contributed by atoms with van der Waals surface area (Å²) in [6.45, 7) is -0.179. The number of nitrogens with one attached hydrogen (secondary N) is 1. The fourth-order valence-electron chi connectivity index (χ4n) is 4.46. The van der Waals surface area contributed by atoms with Crippen molar-refractivity contribution in [3.05, 3.63) is 53.2 Å². The van der Waals surface area contributed by atoms with Gasteiger partial charge in [0.25, 0.3) is 0 Å². The Morgan fingerprint density at radius 3 is 2.75 bits per heavy atom. The molecule has 0 bridgehead atoms. The molecule has 0 amide bonds. The zero-order valence-corrected chi connectivity index (χ0v) is 17.5. The van der Waals surface area contributed by atoms with Gasteiger partial charge in [0.2, 0.25) is 5.95 Å². The highest BCUT2D eigenvalue weighted by molar-refractivity contribution is 5.80. The number of hydrogen-bond acceptors (Lipinski definition) is 5. The minimum Gasteiger partial charge on any atom is -0.353 e. The average molecular weight is 440 g/mol. The first-order chi connectivity index (χ1) is 15.4. The third kappa shape index (κ3) is 3.34. The molecular formula is C23H23F3N6. The Bertz CT molecular complexity index is 1220. The van der Waals surface area contributed by atoms with Crippen molar-refractivity contribution in [3.63, 3.8) is 0 Å². The molecule has 1 N–H and O–H groups in total. The first-order valence-corrected chi connectivity index (χ1v) is 11.2. The zero-order chi connectivity index (χ0) is 21.9. The molecule has 0 radical (unpaired) electrons. The normalized spacial score (nSPS) is 19.9. The maximum absolute atomic E-state index is 13.2. The number of hydrogen-bond donors (Lipinski definition) is 1. The topological polar surface area (TPSA) is 68.0 Å². The molecule has 166 valence electrons. The van der Waals surface area contributed by atoms with Crippen LogP contribution in [0.25, 0.3) is 11.2 Å². The highest BCUT2D eigenvalue weighted by Crippen LogP contribution is 2.57. The fourth-order valence-corrected chi connectivity index (χ4v) is 4.46. The van der Waals surface area contributed by atoms with Crippen LogP contribution >= 0.6 is 0 Å². The van der Waals surface area contributed by atoms with Crippen molar-refractivity contribution in [3.8, 4) is 0 Å². The molecule has 0 saturated heterocycles. The quantitative estimate of drug-likeness (QED) is 0.610. The summed E-state index contributed by atoms with van der Waals surface area (Å²) in [6.07, 6.45) is 8.75. The molecule has 3 aliphatic carbocycles. The van der Waals surface area contributed by atoms with E-state index in [1.54, 1.807) is 6.20 Å². The summed E-state index contributed by atoms with van der Waals surface area (Å²) in [6, 6.07) is 1.95. The standard InChI is InChI=1S/C23H23F3N6/c24-23(25,26)22(8-9-22)13-28-21-27-11-17-15(3-1-2-4-18(17)31-21)19-7-10-32-20(30-19)16(12-29-32)14-5-6-14/h3,7,10-12,14H,1-2,4-6,8-9,13H2,(H,27,28,31). The molecule has 32 heavy (non-hydrogen) atoms. The molecule has 3 aromatic heterocycles. The van der Waals surface area contributed by atoms with Crippen LogP contribution in [0.15, 0.2) is 30.7 Å². The Hall–Kier alpha value is -2.97. The Morgan fingerprint density at radius 1 is 1.16 bits per heavy atom. The molecule has 0 unspecified atom stereocenters. The van der Waals surface area contributed by atoms with Gasteiger partial charge in [0.1, 0.15) is 0 Å². The number of nitrogens with zero attached hydrogens (tertiary/aromatic N) is 5. The van der Waals surface area contributed by atoms with Gasteiger partial charge in [-0.2, -0.15) is 18.3 Å². The lowest BCUT2D eigenvalue weighted by molar-refractivity contribution is -0.182. The summed E-state index contributed by atoms with van der Waals surface area (Å²) >= 11 is 0. The number of fused-ring (bicyclic) bond motifs is 2. The van der Waals surface area contributed by atoms with Crippen molar-refractivity contribution >= 4 is 17.2 Å². The van der Waals surface area contributed by atoms with Crippen LogP contribution in [-0.4, -0.2) is 37.3 Å². The van der Waals surface area contributed by atoms with Crippen molar-refractivity contribution in [1.29, 1.82) is 0 Å². The van der Waals surface area contributed by atoms with Crippen molar-refractivity contribution in [2.45, 2.75) is 57.0 Å². The van der Waals surface area contributed by atoms with Gasteiger partial charge in [0.05, 0.1) is 23.0 Å². The minimum absolute atomic E-state index is 0.160. The Balaban J connectivity index is 1.30. The van der Waals surface area contributed by atoms with Crippen LogP contribution < -0.4 is 5.32 Å². The van der Waals surface area contributed by atoms with E-state index in [0.717, 1.165) is 47.4 Å². The molecule has 0 aliphatic heterocycles. The maximum atomic E-state index is 13.2. The van der Waals surface area contributed by atoms with Crippen LogP contribution in [0.4, 0.5) is 19.1 Å². The van der Waals surface area contributed by atoms with Crippen molar-refractivity contribution in [2.24, 2.45) is 5.41 Å². The van der Waals surface area contributed by atoms with Gasteiger partial charge >= 0.3 is 6.18 Å². The first-order valence-electron chi connectivity index (χ1n) is 11.2. The zero-order valence-electron chi connectivity index (χ0n) is 17.5. The fraction of sp³-hybridized carbons (Fsp3) is 0.478. The highest BCUT2D eigenvalue weighted by Gasteiger charge is 2.63. The summed E-state index contributed by atoms with van der Waals surface area (Å²) in [5.74, 6) is 0.810. The van der Waals surface area contributed by atoms with E-state index in [-0.39, 0.29) is 25.3 Å². The van der Waals surface area contributed by atoms with Gasteiger partial charge in [-0.25, -0.2) is 19.5 Å². The lowest BCUT2D eigenvalue weighted by Crippen LogP contribution is -2.32. The third-order valence-electron chi connectivity index (χ3n) is 6.85. The van der Waals surface area contributed by atoms with Crippen LogP contribution in [0.5, 0.6) is 0 Å². The SMILES string of the molecule is FC(F)(F)C1(CNc2ncc3c(n2)CCCC=C3c2ccn3ncc(C4CC4)c3n2)CC1. The molecule has 0 spiro atoms. The molecular weight excluding hydrogens is 417 g/mol. The Morgan fingerprint density at radius 2 is 2.00 bits per heavy atom. The maximum Gasteiger partial charge on any atom is 0.396 e. The molecule has 9 heteroatoms. The molecule has 2 saturated carbocycles. The molecule has 0 aromatic carbocycles. The summed E-state index contributed by atoms with van der Waals surface area (Å²) in [7, 11) is 0. The summed E-state index contributed by atoms with van der Waals surface area (Å²) in [5.41, 5.74) is 4.02. The van der Waals surface area contributed by atoms with E-state index in [0.29, 0.717) is 5.92 Å². The van der Waals surface area contributed by atoms with Crippen LogP contribution in [0.2, 0.25) is 0 Å². The number of allylic oxidation sites excluding steroid dienone is 1. The number of anilines is 1. The summed E-state index contributed by atoms with van der Waals surface area (Å²) in [4.78, 5) is 13.9. The predicted octanol–water partition coefficient (Wildman–Crippen LogP) is 4.92. The van der Waals surface area contributed by atoms with Gasteiger partial charge in [-0.3, -0.25) is 0 Å². The number of halogens is 3. The lowest BCUT2D eigenvalue weighted by Gasteiger charge is -2.20. The molecule has 3 aliphatic rings. The Labute approximate surface area is 183 Å². The van der Waals surface area contributed by atoms with Crippen LogP contribution in [0.3, 0.4) is 0 Å². The molecule has 3 heterocycles. The molecule has 3 aromatic rings. The number of alkyl halides is 3. The Kier molecular flexibility index (Phi) is 4.32. The smallest absolute Gasteiger partial charge is 0.353 e. The monoisotopic (exact) mass is 440 g/mol. The second kappa shape index (κ2) is 7.02. The molecule has 6 rings (SSSR count). The lowest BCUT2D eigenvalue weighted by atomic mass is 10.0. The predicted molar refractivity (Wildman–Crippen MR) is 113 cm³/mol. The van der Waals surface area contributed by atoms with Crippen LogP contribution in [0.1, 0.15) is 67.0 Å². The van der Waals surface area contributed by atoms with E-state index in [1.807, 2.05) is 23.0 Å². The van der Waals surface area contributed by atoms with Gasteiger partial charge in [0, 0.05) is 35.6 Å². The first kappa shape index (κ1) is 19.7. The van der Waals surface area contributed by atoms with E-state index < -0.39 is 11.6 Å². The highest BCUT2D eigenvalue weighted by atomic mass is 19.4. The van der Waals surface area contributed by atoms with E-state index in [2.05, 4.69) is 26.5 Å². The van der Waals surface area contributed by atoms with E-state index in [9.17, 15) is 13.2 Å². The molecule has 6 nitrogen and oxygen atoms in total. The molecule has 0 atom stereocenters. The second-order valence-electron chi connectivity index (χ2n) is 9.15. The average Bonchev–Trinajstić information content (AvgIpc) is 3.69. The number of aromatic nitrogens is 5. The second-order valence-corrected chi connectivity index (χ2v) is 9.15. The van der Waals surface area contributed by atoms with E-state index in [4.69, 9.17) is 4.98 Å². The summed E-state index contributed by atoms with van der Waals surface area (Å²) < 4.78 is 41.5. The largest absolute Gasteiger partial charge is 0.396 e. The van der Waals surface area contributed by atoms with Gasteiger partial charge in [-0.1, -0.05) is 6.08 Å². The van der Waals surface area contributed by atoms with Crippen molar-refractivity contribution < 1.29 is 13.2 Å². The number of aryl methyl sites for hydroxylation is 1. The molecule has 2 fully saturated rings. The van der Waals surface area contributed by atoms with Crippen LogP contribution in [-0.2, 0) is 6.42 Å². The van der Waals surface area contributed by atoms with E-state index in [1.165, 1.54) is 18.4 Å². The van der Waals surface area contributed by atoms with E-state index >= 15 is 0 Å². The van der Waals surface area contributed by atoms with Crippen LogP contribution in [0, 0.1) is 5.41 Å². The third-order valence-corrected chi connectivity index (χ3v) is 6.85. The van der Waals surface area contributed by atoms with Crippen molar-refractivity contribution in [2.75, 3.05) is 11.9 Å².